The summed E-state index contributed by atoms with van der Waals surface area (Å²) in [6.07, 6.45) is 3.45. The zero-order valence-electron chi connectivity index (χ0n) is 13.4. The second kappa shape index (κ2) is 7.29. The summed E-state index contributed by atoms with van der Waals surface area (Å²) in [5, 5.41) is 12.3. The van der Waals surface area contributed by atoms with Crippen molar-refractivity contribution in [2.24, 2.45) is 5.92 Å². The van der Waals surface area contributed by atoms with Crippen LogP contribution in [0.5, 0.6) is 0 Å². The molecule has 2 rings (SSSR count). The van der Waals surface area contributed by atoms with Gasteiger partial charge >= 0.3 is 0 Å². The highest BCUT2D eigenvalue weighted by Gasteiger charge is 2.30. The number of nitrogens with zero attached hydrogens (tertiary/aromatic N) is 3. The van der Waals surface area contributed by atoms with Crippen LogP contribution >= 0.6 is 11.8 Å². The van der Waals surface area contributed by atoms with Gasteiger partial charge in [-0.2, -0.15) is 0 Å². The van der Waals surface area contributed by atoms with Crippen LogP contribution in [0.1, 0.15) is 58.7 Å². The molecule has 1 fully saturated rings. The Morgan fingerprint density at radius 2 is 2.10 bits per heavy atom. The highest BCUT2D eigenvalue weighted by molar-refractivity contribution is 8.00. The Bertz CT molecular complexity index is 482. The van der Waals surface area contributed by atoms with Crippen LogP contribution in [0.3, 0.4) is 0 Å². The van der Waals surface area contributed by atoms with Gasteiger partial charge in [0.2, 0.25) is 5.91 Å². The number of thioether (sulfide) groups is 1. The smallest absolute Gasteiger partial charge is 0.233 e. The van der Waals surface area contributed by atoms with Gasteiger partial charge in [0.15, 0.2) is 5.16 Å². The van der Waals surface area contributed by atoms with E-state index in [9.17, 15) is 4.79 Å². The molecule has 0 bridgehead atoms. The molecule has 1 heterocycles. The Morgan fingerprint density at radius 1 is 1.38 bits per heavy atom. The van der Waals surface area contributed by atoms with E-state index in [-0.39, 0.29) is 11.2 Å². The third-order valence-corrected chi connectivity index (χ3v) is 4.76. The second-order valence-electron chi connectivity index (χ2n) is 6.09. The Balaban J connectivity index is 1.89. The lowest BCUT2D eigenvalue weighted by Crippen LogP contribution is -2.32. The third kappa shape index (κ3) is 4.46. The Kier molecular flexibility index (Phi) is 5.67. The number of hydrogen-bond donors (Lipinski definition) is 1. The van der Waals surface area contributed by atoms with Crippen molar-refractivity contribution < 1.29 is 4.79 Å². The van der Waals surface area contributed by atoms with Crippen molar-refractivity contribution in [3.05, 3.63) is 5.82 Å². The van der Waals surface area contributed by atoms with E-state index in [4.69, 9.17) is 0 Å². The summed E-state index contributed by atoms with van der Waals surface area (Å²) >= 11 is 1.51. The molecular formula is C15H26N4OS. The number of nitrogens with one attached hydrogen (secondary N) is 1. The highest BCUT2D eigenvalue weighted by atomic mass is 32.2. The van der Waals surface area contributed by atoms with E-state index in [1.165, 1.54) is 24.6 Å². The van der Waals surface area contributed by atoms with Crippen LogP contribution in [0.15, 0.2) is 5.16 Å². The van der Waals surface area contributed by atoms with Gasteiger partial charge in [0.25, 0.3) is 0 Å². The van der Waals surface area contributed by atoms with Crippen molar-refractivity contribution in [2.75, 3.05) is 6.54 Å². The number of carbonyl (C=O) groups is 1. The minimum absolute atomic E-state index is 0.0827. The molecule has 1 aliphatic carbocycles. The van der Waals surface area contributed by atoms with Gasteiger partial charge < -0.3 is 9.88 Å². The summed E-state index contributed by atoms with van der Waals surface area (Å²) in [6.45, 7) is 9.96. The molecule has 1 amide bonds. The molecule has 6 heteroatoms. The second-order valence-corrected chi connectivity index (χ2v) is 7.40. The highest BCUT2D eigenvalue weighted by Crippen LogP contribution is 2.40. The van der Waals surface area contributed by atoms with Gasteiger partial charge in [-0.15, -0.1) is 10.2 Å². The van der Waals surface area contributed by atoms with Crippen molar-refractivity contribution in [3.8, 4) is 0 Å². The summed E-state index contributed by atoms with van der Waals surface area (Å²) in [5.41, 5.74) is 0. The summed E-state index contributed by atoms with van der Waals surface area (Å²) in [6, 6.07) is 0. The maximum absolute atomic E-state index is 12.1. The van der Waals surface area contributed by atoms with Crippen molar-refractivity contribution in [2.45, 2.75) is 69.8 Å². The molecule has 118 valence electrons. The van der Waals surface area contributed by atoms with E-state index >= 15 is 0 Å². The summed E-state index contributed by atoms with van der Waals surface area (Å²) in [5.74, 6) is 2.37. The first-order chi connectivity index (χ1) is 10.0. The fraction of sp³-hybridized carbons (Fsp3) is 0.800. The zero-order chi connectivity index (χ0) is 15.4. The number of hydrogen-bond acceptors (Lipinski definition) is 4. The minimum Gasteiger partial charge on any atom is -0.355 e. The molecule has 1 aromatic rings. The maximum Gasteiger partial charge on any atom is 0.233 e. The SMILES string of the molecule is CCn1c(SC(C)C(=O)NCCC(C)C)nnc1C1CC1. The Labute approximate surface area is 131 Å². The normalized spacial score (nSPS) is 16.2. The van der Waals surface area contributed by atoms with Crippen LogP contribution in [0.4, 0.5) is 0 Å². The maximum atomic E-state index is 12.1. The first-order valence-corrected chi connectivity index (χ1v) is 8.78. The fourth-order valence-corrected chi connectivity index (χ4v) is 3.11. The lowest BCUT2D eigenvalue weighted by molar-refractivity contribution is -0.120. The summed E-state index contributed by atoms with van der Waals surface area (Å²) in [4.78, 5) is 12.1. The first kappa shape index (κ1) is 16.3. The quantitative estimate of drug-likeness (QED) is 0.750. The van der Waals surface area contributed by atoms with Crippen LogP contribution in [0.25, 0.3) is 0 Å². The van der Waals surface area contributed by atoms with Crippen molar-refractivity contribution in [3.63, 3.8) is 0 Å². The predicted molar refractivity (Wildman–Crippen MR) is 85.5 cm³/mol. The van der Waals surface area contributed by atoms with Crippen LogP contribution in [-0.2, 0) is 11.3 Å². The Morgan fingerprint density at radius 3 is 2.67 bits per heavy atom. The number of carbonyl (C=O) groups excluding carboxylic acids is 1. The molecule has 1 saturated carbocycles. The van der Waals surface area contributed by atoms with Gasteiger partial charge in [0, 0.05) is 19.0 Å². The average molecular weight is 310 g/mol. The van der Waals surface area contributed by atoms with Gasteiger partial charge in [0.1, 0.15) is 5.82 Å². The zero-order valence-corrected chi connectivity index (χ0v) is 14.2. The molecule has 1 N–H and O–H groups in total. The van der Waals surface area contributed by atoms with Gasteiger partial charge in [-0.3, -0.25) is 4.79 Å². The molecule has 1 aliphatic rings. The van der Waals surface area contributed by atoms with Gasteiger partial charge in [-0.1, -0.05) is 25.6 Å². The molecule has 1 unspecified atom stereocenters. The van der Waals surface area contributed by atoms with Gasteiger partial charge in [0.05, 0.1) is 5.25 Å². The lowest BCUT2D eigenvalue weighted by Gasteiger charge is -2.13. The molecule has 0 saturated heterocycles. The van der Waals surface area contributed by atoms with Crippen molar-refractivity contribution >= 4 is 17.7 Å². The predicted octanol–water partition coefficient (Wildman–Crippen LogP) is 2.82. The molecule has 21 heavy (non-hydrogen) atoms. The first-order valence-electron chi connectivity index (χ1n) is 7.90. The average Bonchev–Trinajstić information content (AvgIpc) is 3.20. The summed E-state index contributed by atoms with van der Waals surface area (Å²) < 4.78 is 2.15. The third-order valence-electron chi connectivity index (χ3n) is 3.68. The number of aromatic nitrogens is 3. The van der Waals surface area contributed by atoms with E-state index < -0.39 is 0 Å². The molecule has 0 aliphatic heterocycles. The molecular weight excluding hydrogens is 284 g/mol. The van der Waals surface area contributed by atoms with Crippen LogP contribution in [-0.4, -0.2) is 32.5 Å². The van der Waals surface area contributed by atoms with Gasteiger partial charge in [-0.05, 0) is 39.0 Å². The molecule has 1 atom stereocenters. The number of amides is 1. The van der Waals surface area contributed by atoms with Crippen LogP contribution in [0, 0.1) is 5.92 Å². The minimum atomic E-state index is -0.140. The van der Waals surface area contributed by atoms with Crippen LogP contribution < -0.4 is 5.32 Å². The van der Waals surface area contributed by atoms with E-state index in [1.807, 2.05) is 6.92 Å². The molecule has 5 nitrogen and oxygen atoms in total. The van der Waals surface area contributed by atoms with Gasteiger partial charge in [-0.25, -0.2) is 0 Å². The topological polar surface area (TPSA) is 59.8 Å². The van der Waals surface area contributed by atoms with Crippen LogP contribution in [0.2, 0.25) is 0 Å². The fourth-order valence-electron chi connectivity index (χ4n) is 2.17. The molecule has 0 spiro atoms. The summed E-state index contributed by atoms with van der Waals surface area (Å²) in [7, 11) is 0. The molecule has 0 radical (unpaired) electrons. The van der Waals surface area contributed by atoms with E-state index in [1.54, 1.807) is 0 Å². The molecule has 0 aromatic carbocycles. The van der Waals surface area contributed by atoms with Crippen molar-refractivity contribution in [1.82, 2.24) is 20.1 Å². The van der Waals surface area contributed by atoms with E-state index in [2.05, 4.69) is 40.9 Å². The van der Waals surface area contributed by atoms with E-state index in [0.717, 1.165) is 30.5 Å². The standard InChI is InChI=1S/C15H26N4OS/c1-5-19-13(12-6-7-12)17-18-15(19)21-11(4)14(20)16-9-8-10(2)3/h10-12H,5-9H2,1-4H3,(H,16,20). The van der Waals surface area contributed by atoms with E-state index in [0.29, 0.717) is 11.8 Å². The molecule has 1 aromatic heterocycles. The van der Waals surface area contributed by atoms with Crippen molar-refractivity contribution in [1.29, 1.82) is 0 Å². The monoisotopic (exact) mass is 310 g/mol. The Hall–Kier alpha value is -1.04. The largest absolute Gasteiger partial charge is 0.355 e. The number of rotatable bonds is 8. The lowest BCUT2D eigenvalue weighted by atomic mass is 10.1.